The summed E-state index contributed by atoms with van der Waals surface area (Å²) >= 11 is 1.84. The van der Waals surface area contributed by atoms with Crippen LogP contribution < -0.4 is 5.32 Å². The topological polar surface area (TPSA) is 32.3 Å². The first-order valence-corrected chi connectivity index (χ1v) is 9.22. The summed E-state index contributed by atoms with van der Waals surface area (Å²) in [6.07, 6.45) is 6.96. The second-order valence-electron chi connectivity index (χ2n) is 6.48. The Bertz CT molecular complexity index is 499. The molecule has 1 N–H and O–H groups in total. The van der Waals surface area contributed by atoms with Crippen LogP contribution in [0, 0.1) is 5.92 Å². The van der Waals surface area contributed by atoms with E-state index in [4.69, 9.17) is 0 Å². The maximum Gasteiger partial charge on any atom is 0.318 e. The van der Waals surface area contributed by atoms with E-state index in [0.717, 1.165) is 25.8 Å². The molecule has 1 aliphatic heterocycles. The number of fused-ring (bicyclic) bond motifs is 1. The van der Waals surface area contributed by atoms with Gasteiger partial charge in [-0.05, 0) is 48.6 Å². The van der Waals surface area contributed by atoms with Crippen molar-refractivity contribution in [2.45, 2.75) is 64.5 Å². The summed E-state index contributed by atoms with van der Waals surface area (Å²) in [5.74, 6) is 0.615. The largest absolute Gasteiger partial charge is 0.335 e. The molecule has 2 amide bonds. The fourth-order valence-electron chi connectivity index (χ4n) is 3.85. The fourth-order valence-corrected chi connectivity index (χ4v) is 4.78. The monoisotopic (exact) mass is 306 g/mol. The number of thiophene rings is 1. The van der Waals surface area contributed by atoms with Crippen molar-refractivity contribution in [2.75, 3.05) is 6.54 Å². The second kappa shape index (κ2) is 6.39. The van der Waals surface area contributed by atoms with Gasteiger partial charge < -0.3 is 10.2 Å². The lowest BCUT2D eigenvalue weighted by Crippen LogP contribution is -2.50. The third-order valence-corrected chi connectivity index (χ3v) is 6.16. The third kappa shape index (κ3) is 2.96. The minimum atomic E-state index is 0.150. The zero-order chi connectivity index (χ0) is 14.8. The summed E-state index contributed by atoms with van der Waals surface area (Å²) in [4.78, 5) is 16.3. The van der Waals surface area contributed by atoms with E-state index < -0.39 is 0 Å². The van der Waals surface area contributed by atoms with Gasteiger partial charge in [0.15, 0.2) is 0 Å². The summed E-state index contributed by atoms with van der Waals surface area (Å²) in [6.45, 7) is 5.31. The molecule has 1 aromatic rings. The van der Waals surface area contributed by atoms with Crippen LogP contribution in [0.4, 0.5) is 4.79 Å². The zero-order valence-electron chi connectivity index (χ0n) is 13.1. The van der Waals surface area contributed by atoms with Gasteiger partial charge in [-0.25, -0.2) is 4.79 Å². The molecule has 0 bridgehead atoms. The predicted molar refractivity (Wildman–Crippen MR) is 87.7 cm³/mol. The fraction of sp³-hybridized carbons (Fsp3) is 0.706. The Balaban J connectivity index is 1.69. The molecule has 3 atom stereocenters. The summed E-state index contributed by atoms with van der Waals surface area (Å²) in [5, 5.41) is 5.48. The number of amides is 2. The van der Waals surface area contributed by atoms with Crippen molar-refractivity contribution < 1.29 is 4.79 Å². The lowest BCUT2D eigenvalue weighted by Gasteiger charge is -2.38. The summed E-state index contributed by atoms with van der Waals surface area (Å²) in [5.41, 5.74) is 1.38. The number of carbonyl (C=O) groups is 1. The van der Waals surface area contributed by atoms with E-state index in [2.05, 4.69) is 35.5 Å². The Hall–Kier alpha value is -1.03. The predicted octanol–water partition coefficient (Wildman–Crippen LogP) is 4.35. The van der Waals surface area contributed by atoms with Gasteiger partial charge in [0.2, 0.25) is 0 Å². The van der Waals surface area contributed by atoms with Crippen LogP contribution in [0.1, 0.15) is 62.4 Å². The molecule has 0 saturated heterocycles. The third-order valence-electron chi connectivity index (χ3n) is 5.16. The maximum absolute atomic E-state index is 12.7. The SMILES string of the molecule is CCC1c2ccsc2CCN1C(=O)NC1CCCCC1C. The molecule has 0 aromatic carbocycles. The molecule has 116 valence electrons. The number of nitrogens with zero attached hydrogens (tertiary/aromatic N) is 1. The van der Waals surface area contributed by atoms with Crippen molar-refractivity contribution in [3.05, 3.63) is 21.9 Å². The van der Waals surface area contributed by atoms with Gasteiger partial charge in [0.05, 0.1) is 6.04 Å². The van der Waals surface area contributed by atoms with Gasteiger partial charge in [-0.2, -0.15) is 0 Å². The van der Waals surface area contributed by atoms with Crippen molar-refractivity contribution in [2.24, 2.45) is 5.92 Å². The van der Waals surface area contributed by atoms with Crippen LogP contribution in [0.5, 0.6) is 0 Å². The summed E-state index contributed by atoms with van der Waals surface area (Å²) in [6, 6.07) is 2.99. The highest BCUT2D eigenvalue weighted by Gasteiger charge is 2.32. The highest BCUT2D eigenvalue weighted by atomic mass is 32.1. The molecule has 21 heavy (non-hydrogen) atoms. The van der Waals surface area contributed by atoms with E-state index >= 15 is 0 Å². The molecule has 4 heteroatoms. The number of rotatable bonds is 2. The number of urea groups is 1. The van der Waals surface area contributed by atoms with Crippen LogP contribution in [0.2, 0.25) is 0 Å². The molecular weight excluding hydrogens is 280 g/mol. The van der Waals surface area contributed by atoms with Crippen LogP contribution in [-0.2, 0) is 6.42 Å². The van der Waals surface area contributed by atoms with Crippen LogP contribution >= 0.6 is 11.3 Å². The zero-order valence-corrected chi connectivity index (χ0v) is 13.9. The van der Waals surface area contributed by atoms with Crippen molar-refractivity contribution in [3.8, 4) is 0 Å². The molecule has 1 saturated carbocycles. The van der Waals surface area contributed by atoms with Gasteiger partial charge >= 0.3 is 6.03 Å². The quantitative estimate of drug-likeness (QED) is 0.866. The average molecular weight is 306 g/mol. The van der Waals surface area contributed by atoms with E-state index in [1.165, 1.54) is 29.7 Å². The Labute approximate surface area is 131 Å². The minimum Gasteiger partial charge on any atom is -0.335 e. The molecule has 2 aliphatic rings. The number of nitrogens with one attached hydrogen (secondary N) is 1. The lowest BCUT2D eigenvalue weighted by atomic mass is 9.86. The molecular formula is C17H26N2OS. The van der Waals surface area contributed by atoms with Gasteiger partial charge in [0.25, 0.3) is 0 Å². The smallest absolute Gasteiger partial charge is 0.318 e. The van der Waals surface area contributed by atoms with Crippen molar-refractivity contribution in [1.29, 1.82) is 0 Å². The molecule has 1 fully saturated rings. The highest BCUT2D eigenvalue weighted by Crippen LogP contribution is 2.35. The van der Waals surface area contributed by atoms with Crippen molar-refractivity contribution in [3.63, 3.8) is 0 Å². The first-order chi connectivity index (χ1) is 10.2. The number of hydrogen-bond acceptors (Lipinski definition) is 2. The van der Waals surface area contributed by atoms with Crippen LogP contribution in [0.3, 0.4) is 0 Å². The minimum absolute atomic E-state index is 0.150. The van der Waals surface area contributed by atoms with E-state index in [9.17, 15) is 4.79 Å². The summed E-state index contributed by atoms with van der Waals surface area (Å²) in [7, 11) is 0. The van der Waals surface area contributed by atoms with Crippen LogP contribution in [-0.4, -0.2) is 23.5 Å². The van der Waals surface area contributed by atoms with Gasteiger partial charge in [-0.1, -0.05) is 26.7 Å². The molecule has 2 heterocycles. The Morgan fingerprint density at radius 1 is 1.43 bits per heavy atom. The van der Waals surface area contributed by atoms with E-state index in [-0.39, 0.29) is 12.1 Å². The Kier molecular flexibility index (Phi) is 4.53. The Morgan fingerprint density at radius 2 is 2.24 bits per heavy atom. The molecule has 0 radical (unpaired) electrons. The highest BCUT2D eigenvalue weighted by molar-refractivity contribution is 7.10. The lowest BCUT2D eigenvalue weighted by molar-refractivity contribution is 0.156. The molecule has 1 aromatic heterocycles. The molecule has 1 aliphatic carbocycles. The molecule has 3 rings (SSSR count). The van der Waals surface area contributed by atoms with Gasteiger partial charge in [-0.15, -0.1) is 11.3 Å². The number of carbonyl (C=O) groups excluding carboxylic acids is 1. The van der Waals surface area contributed by atoms with E-state index in [1.54, 1.807) is 0 Å². The Morgan fingerprint density at radius 3 is 3.00 bits per heavy atom. The standard InChI is InChI=1S/C17H26N2OS/c1-3-15-13-9-11-21-16(13)8-10-19(15)17(20)18-14-7-5-4-6-12(14)2/h9,11-12,14-15H,3-8,10H2,1-2H3,(H,18,20). The second-order valence-corrected chi connectivity index (χ2v) is 7.48. The first-order valence-electron chi connectivity index (χ1n) is 8.34. The van der Waals surface area contributed by atoms with Crippen LogP contribution in [0.15, 0.2) is 11.4 Å². The van der Waals surface area contributed by atoms with E-state index in [1.807, 2.05) is 11.3 Å². The maximum atomic E-state index is 12.7. The van der Waals surface area contributed by atoms with Gasteiger partial charge in [-0.3, -0.25) is 0 Å². The van der Waals surface area contributed by atoms with Crippen LogP contribution in [0.25, 0.3) is 0 Å². The average Bonchev–Trinajstić information content (AvgIpc) is 2.97. The summed E-state index contributed by atoms with van der Waals surface area (Å²) < 4.78 is 0. The first kappa shape index (κ1) is 14.9. The van der Waals surface area contributed by atoms with Gasteiger partial charge in [0, 0.05) is 17.5 Å². The van der Waals surface area contributed by atoms with Crippen molar-refractivity contribution in [1.82, 2.24) is 10.2 Å². The molecule has 3 unspecified atom stereocenters. The molecule has 0 spiro atoms. The van der Waals surface area contributed by atoms with E-state index in [0.29, 0.717) is 12.0 Å². The normalized spacial score (nSPS) is 29.0. The number of hydrogen-bond donors (Lipinski definition) is 1. The van der Waals surface area contributed by atoms with Crippen molar-refractivity contribution >= 4 is 17.4 Å². The molecule has 3 nitrogen and oxygen atoms in total. The van der Waals surface area contributed by atoms with Gasteiger partial charge in [0.1, 0.15) is 0 Å².